The molecule has 0 saturated carbocycles. The van der Waals surface area contributed by atoms with Gasteiger partial charge >= 0.3 is 0 Å². The van der Waals surface area contributed by atoms with E-state index < -0.39 is 0 Å². The lowest BCUT2D eigenvalue weighted by atomic mass is 10.2. The maximum atomic E-state index is 11.8. The number of fused-ring (bicyclic) bond motifs is 1. The lowest BCUT2D eigenvalue weighted by molar-refractivity contribution is -0.117. The Bertz CT molecular complexity index is 593. The van der Waals surface area contributed by atoms with Crippen molar-refractivity contribution in [3.8, 4) is 0 Å². The number of halogens is 1. The van der Waals surface area contributed by atoms with Gasteiger partial charge in [0, 0.05) is 36.5 Å². The number of carbonyl (C=O) groups is 1. The van der Waals surface area contributed by atoms with Crippen LogP contribution in [-0.2, 0) is 4.79 Å². The molecular formula is C12H11BrN2O2. The van der Waals surface area contributed by atoms with E-state index in [2.05, 4.69) is 20.9 Å². The summed E-state index contributed by atoms with van der Waals surface area (Å²) in [5.74, 6) is 0.783. The van der Waals surface area contributed by atoms with Gasteiger partial charge in [-0.25, -0.2) is 4.98 Å². The fourth-order valence-corrected chi connectivity index (χ4v) is 2.68. The van der Waals surface area contributed by atoms with Gasteiger partial charge in [-0.1, -0.05) is 15.9 Å². The van der Waals surface area contributed by atoms with E-state index in [1.54, 1.807) is 4.90 Å². The van der Waals surface area contributed by atoms with Gasteiger partial charge in [0.15, 0.2) is 11.5 Å². The third kappa shape index (κ3) is 1.84. The van der Waals surface area contributed by atoms with E-state index >= 15 is 0 Å². The maximum absolute atomic E-state index is 11.8. The minimum Gasteiger partial charge on any atom is -0.441 e. The van der Waals surface area contributed by atoms with Crippen molar-refractivity contribution in [3.05, 3.63) is 24.1 Å². The number of alkyl halides is 1. The van der Waals surface area contributed by atoms with E-state index in [1.165, 1.54) is 0 Å². The van der Waals surface area contributed by atoms with Gasteiger partial charge in [-0.05, 0) is 12.1 Å². The first-order chi connectivity index (χ1) is 8.13. The van der Waals surface area contributed by atoms with Crippen molar-refractivity contribution in [2.45, 2.75) is 18.2 Å². The summed E-state index contributed by atoms with van der Waals surface area (Å²) in [6.07, 6.45) is 0.549. The van der Waals surface area contributed by atoms with Crippen molar-refractivity contribution in [2.24, 2.45) is 0 Å². The Morgan fingerprint density at radius 3 is 3.06 bits per heavy atom. The number of hydrogen-bond donors (Lipinski definition) is 0. The highest BCUT2D eigenvalue weighted by Gasteiger charge is 2.29. The second-order valence-electron chi connectivity index (χ2n) is 4.19. The Morgan fingerprint density at radius 1 is 1.53 bits per heavy atom. The number of oxazole rings is 1. The molecule has 4 nitrogen and oxygen atoms in total. The number of benzene rings is 1. The predicted molar refractivity (Wildman–Crippen MR) is 68.4 cm³/mol. The first-order valence-electron chi connectivity index (χ1n) is 5.45. The fourth-order valence-electron chi connectivity index (χ4n) is 2.11. The molecule has 0 N–H and O–H groups in total. The molecule has 3 rings (SSSR count). The number of anilines is 1. The summed E-state index contributed by atoms with van der Waals surface area (Å²) in [5, 5.41) is 0. The molecule has 1 unspecified atom stereocenters. The van der Waals surface area contributed by atoms with Crippen LogP contribution in [0.25, 0.3) is 11.1 Å². The average Bonchev–Trinajstić information content (AvgIpc) is 2.78. The Hall–Kier alpha value is -1.36. The monoisotopic (exact) mass is 294 g/mol. The third-order valence-corrected chi connectivity index (χ3v) is 3.48. The molecule has 0 aliphatic carbocycles. The van der Waals surface area contributed by atoms with E-state index in [0.717, 1.165) is 16.8 Å². The van der Waals surface area contributed by atoms with Crippen LogP contribution in [0.4, 0.5) is 5.69 Å². The number of hydrogen-bond acceptors (Lipinski definition) is 3. The van der Waals surface area contributed by atoms with Gasteiger partial charge in [-0.3, -0.25) is 4.79 Å². The van der Waals surface area contributed by atoms with Gasteiger partial charge in [0.2, 0.25) is 5.91 Å². The van der Waals surface area contributed by atoms with Gasteiger partial charge in [0.25, 0.3) is 0 Å². The molecule has 0 bridgehead atoms. The zero-order chi connectivity index (χ0) is 12.0. The van der Waals surface area contributed by atoms with Crippen molar-refractivity contribution in [1.29, 1.82) is 0 Å². The molecule has 0 radical (unpaired) electrons. The summed E-state index contributed by atoms with van der Waals surface area (Å²) in [6, 6.07) is 5.67. The van der Waals surface area contributed by atoms with Crippen molar-refractivity contribution in [2.75, 3.05) is 11.4 Å². The molecule has 17 heavy (non-hydrogen) atoms. The molecule has 88 valence electrons. The standard InChI is InChI=1S/C12H11BrN2O2/c1-7-14-10-3-2-9(5-11(10)17-7)15-6-8(13)4-12(15)16/h2-3,5,8H,4,6H2,1H3. The van der Waals surface area contributed by atoms with Crippen LogP contribution >= 0.6 is 15.9 Å². The highest BCUT2D eigenvalue weighted by atomic mass is 79.9. The lowest BCUT2D eigenvalue weighted by Crippen LogP contribution is -2.24. The van der Waals surface area contributed by atoms with E-state index in [4.69, 9.17) is 4.42 Å². The Labute approximate surface area is 107 Å². The SMILES string of the molecule is Cc1nc2ccc(N3CC(Br)CC3=O)cc2o1. The number of aryl methyl sites for hydroxylation is 1. The van der Waals surface area contributed by atoms with Crippen LogP contribution in [0, 0.1) is 6.92 Å². The van der Waals surface area contributed by atoms with Gasteiger partial charge in [0.1, 0.15) is 5.52 Å². The Balaban J connectivity index is 2.03. The summed E-state index contributed by atoms with van der Waals surface area (Å²) >= 11 is 3.47. The molecule has 1 aliphatic rings. The fraction of sp³-hybridized carbons (Fsp3) is 0.333. The molecule has 1 aromatic heterocycles. The summed E-state index contributed by atoms with van der Waals surface area (Å²) < 4.78 is 5.47. The summed E-state index contributed by atoms with van der Waals surface area (Å²) in [6.45, 7) is 2.52. The van der Waals surface area contributed by atoms with Crippen LogP contribution in [0.3, 0.4) is 0 Å². The third-order valence-electron chi connectivity index (χ3n) is 2.87. The topological polar surface area (TPSA) is 46.3 Å². The molecule has 1 aliphatic heterocycles. The van der Waals surface area contributed by atoms with Crippen LogP contribution in [0.5, 0.6) is 0 Å². The van der Waals surface area contributed by atoms with Gasteiger partial charge in [-0.2, -0.15) is 0 Å². The molecule has 5 heteroatoms. The quantitative estimate of drug-likeness (QED) is 0.760. The molecule has 1 fully saturated rings. The summed E-state index contributed by atoms with van der Waals surface area (Å²) in [7, 11) is 0. The predicted octanol–water partition coefficient (Wildman–Crippen LogP) is 2.64. The van der Waals surface area contributed by atoms with Crippen LogP contribution in [0.15, 0.2) is 22.6 Å². The Morgan fingerprint density at radius 2 is 2.35 bits per heavy atom. The van der Waals surface area contributed by atoms with Crippen molar-refractivity contribution in [3.63, 3.8) is 0 Å². The van der Waals surface area contributed by atoms with Crippen molar-refractivity contribution >= 4 is 38.6 Å². The molecule has 1 atom stereocenters. The van der Waals surface area contributed by atoms with E-state index in [9.17, 15) is 4.79 Å². The lowest BCUT2D eigenvalue weighted by Gasteiger charge is -2.15. The molecule has 1 aromatic carbocycles. The van der Waals surface area contributed by atoms with Gasteiger partial charge < -0.3 is 9.32 Å². The molecule has 2 heterocycles. The first kappa shape index (κ1) is 10.8. The van der Waals surface area contributed by atoms with Crippen LogP contribution < -0.4 is 4.90 Å². The Kier molecular flexibility index (Phi) is 2.43. The highest BCUT2D eigenvalue weighted by Crippen LogP contribution is 2.28. The number of carbonyl (C=O) groups excluding carboxylic acids is 1. The zero-order valence-electron chi connectivity index (χ0n) is 9.31. The zero-order valence-corrected chi connectivity index (χ0v) is 10.9. The molecule has 2 aromatic rings. The van der Waals surface area contributed by atoms with E-state index in [0.29, 0.717) is 18.9 Å². The summed E-state index contributed by atoms with van der Waals surface area (Å²) in [4.78, 5) is 18.0. The van der Waals surface area contributed by atoms with E-state index in [-0.39, 0.29) is 10.7 Å². The minimum absolute atomic E-state index is 0.141. The number of aromatic nitrogens is 1. The smallest absolute Gasteiger partial charge is 0.228 e. The summed E-state index contributed by atoms with van der Waals surface area (Å²) in [5.41, 5.74) is 2.43. The molecule has 0 spiro atoms. The van der Waals surface area contributed by atoms with Crippen molar-refractivity contribution < 1.29 is 9.21 Å². The van der Waals surface area contributed by atoms with Crippen LogP contribution in [0.1, 0.15) is 12.3 Å². The number of nitrogens with zero attached hydrogens (tertiary/aromatic N) is 2. The first-order valence-corrected chi connectivity index (χ1v) is 6.37. The van der Waals surface area contributed by atoms with Crippen LogP contribution in [0.2, 0.25) is 0 Å². The maximum Gasteiger partial charge on any atom is 0.228 e. The van der Waals surface area contributed by atoms with Crippen LogP contribution in [-0.4, -0.2) is 22.3 Å². The van der Waals surface area contributed by atoms with Gasteiger partial charge in [0.05, 0.1) is 0 Å². The largest absolute Gasteiger partial charge is 0.441 e. The number of amides is 1. The second kappa shape index (κ2) is 3.84. The number of rotatable bonds is 1. The normalized spacial score (nSPS) is 20.5. The van der Waals surface area contributed by atoms with Gasteiger partial charge in [-0.15, -0.1) is 0 Å². The highest BCUT2D eigenvalue weighted by molar-refractivity contribution is 9.09. The molecule has 1 saturated heterocycles. The average molecular weight is 295 g/mol. The molecular weight excluding hydrogens is 284 g/mol. The second-order valence-corrected chi connectivity index (χ2v) is 5.49. The van der Waals surface area contributed by atoms with E-state index in [1.807, 2.05) is 25.1 Å². The molecule has 1 amide bonds. The van der Waals surface area contributed by atoms with Crippen molar-refractivity contribution in [1.82, 2.24) is 4.98 Å². The minimum atomic E-state index is 0.141.